The molecule has 0 saturated heterocycles. The summed E-state index contributed by atoms with van der Waals surface area (Å²) in [6.07, 6.45) is 4.86. The number of amides is 2. The minimum Gasteiger partial charge on any atom is -0.354 e. The summed E-state index contributed by atoms with van der Waals surface area (Å²) in [4.78, 5) is 29.7. The normalized spacial score (nSPS) is 12.6. The van der Waals surface area contributed by atoms with Gasteiger partial charge in [0.2, 0.25) is 21.8 Å². The van der Waals surface area contributed by atoms with Crippen LogP contribution in [-0.4, -0.2) is 54.0 Å². The van der Waals surface area contributed by atoms with Crippen molar-refractivity contribution in [2.75, 3.05) is 13.1 Å². The molecule has 3 aromatic rings. The number of hydrogen-bond acceptors (Lipinski definition) is 6. The van der Waals surface area contributed by atoms with Crippen molar-refractivity contribution in [3.05, 3.63) is 58.5 Å². The lowest BCUT2D eigenvalue weighted by Gasteiger charge is -2.20. The summed E-state index contributed by atoms with van der Waals surface area (Å²) >= 11 is 11.8. The molecule has 37 heavy (non-hydrogen) atoms. The molecular weight excluding hydrogens is 539 g/mol. The number of fused-ring (bicyclic) bond motifs is 1. The summed E-state index contributed by atoms with van der Waals surface area (Å²) in [5.74, 6) is -0.406. The van der Waals surface area contributed by atoms with Crippen LogP contribution in [0.3, 0.4) is 0 Å². The molecule has 0 unspecified atom stereocenters. The molecule has 200 valence electrons. The highest BCUT2D eigenvalue weighted by atomic mass is 35.5. The van der Waals surface area contributed by atoms with E-state index >= 15 is 0 Å². The van der Waals surface area contributed by atoms with E-state index < -0.39 is 16.1 Å². The molecule has 3 rings (SSSR count). The van der Waals surface area contributed by atoms with Gasteiger partial charge >= 0.3 is 0 Å². The van der Waals surface area contributed by atoms with Crippen LogP contribution in [0.25, 0.3) is 5.65 Å². The smallest absolute Gasteiger partial charge is 0.242 e. The Kier molecular flexibility index (Phi) is 10.3. The average molecular weight is 570 g/mol. The zero-order chi connectivity index (χ0) is 27.0. The number of rotatable bonds is 13. The van der Waals surface area contributed by atoms with E-state index in [9.17, 15) is 18.0 Å². The molecule has 0 spiro atoms. The highest BCUT2D eigenvalue weighted by Crippen LogP contribution is 2.24. The number of imidazole rings is 1. The van der Waals surface area contributed by atoms with Crippen molar-refractivity contribution in [1.82, 2.24) is 30.0 Å². The first kappa shape index (κ1) is 28.8. The number of carbonyl (C=O) groups excluding carboxylic acids is 2. The van der Waals surface area contributed by atoms with Crippen molar-refractivity contribution in [1.29, 1.82) is 0 Å². The predicted molar refractivity (Wildman–Crippen MR) is 142 cm³/mol. The fourth-order valence-corrected chi connectivity index (χ4v) is 5.48. The molecule has 2 amide bonds. The van der Waals surface area contributed by atoms with Gasteiger partial charge < -0.3 is 10.6 Å². The van der Waals surface area contributed by atoms with Crippen LogP contribution in [-0.2, 0) is 26.0 Å². The lowest BCUT2D eigenvalue weighted by atomic mass is 10.0. The van der Waals surface area contributed by atoms with Gasteiger partial charge in [0.05, 0.1) is 23.3 Å². The van der Waals surface area contributed by atoms with E-state index in [0.717, 1.165) is 0 Å². The largest absolute Gasteiger partial charge is 0.354 e. The minimum absolute atomic E-state index is 0.0308. The number of aromatic nitrogens is 3. The van der Waals surface area contributed by atoms with Crippen LogP contribution in [0.5, 0.6) is 0 Å². The molecule has 2 aromatic heterocycles. The van der Waals surface area contributed by atoms with Gasteiger partial charge in [-0.05, 0) is 55.5 Å². The van der Waals surface area contributed by atoms with Crippen LogP contribution < -0.4 is 15.4 Å². The van der Waals surface area contributed by atoms with E-state index in [0.29, 0.717) is 42.2 Å². The monoisotopic (exact) mass is 568 g/mol. The number of benzene rings is 1. The minimum atomic E-state index is -3.77. The number of sulfonamides is 1. The van der Waals surface area contributed by atoms with E-state index in [4.69, 9.17) is 23.2 Å². The maximum atomic E-state index is 12.8. The van der Waals surface area contributed by atoms with Gasteiger partial charge in [0, 0.05) is 24.3 Å². The van der Waals surface area contributed by atoms with Gasteiger partial charge in [0.25, 0.3) is 0 Å². The third-order valence-corrected chi connectivity index (χ3v) is 7.54. The van der Waals surface area contributed by atoms with Crippen LogP contribution in [0, 0.1) is 5.92 Å². The molecule has 0 radical (unpaired) electrons. The van der Waals surface area contributed by atoms with Crippen molar-refractivity contribution in [2.24, 2.45) is 5.92 Å². The van der Waals surface area contributed by atoms with Crippen molar-refractivity contribution in [3.63, 3.8) is 0 Å². The summed E-state index contributed by atoms with van der Waals surface area (Å²) in [7, 11) is -3.77. The van der Waals surface area contributed by atoms with Crippen molar-refractivity contribution < 1.29 is 18.0 Å². The fourth-order valence-electron chi connectivity index (χ4n) is 3.64. The third-order valence-electron chi connectivity index (χ3n) is 5.37. The molecule has 3 N–H and O–H groups in total. The Balaban J connectivity index is 1.44. The van der Waals surface area contributed by atoms with Gasteiger partial charge in [0.1, 0.15) is 10.9 Å². The lowest BCUT2D eigenvalue weighted by molar-refractivity contribution is -0.129. The van der Waals surface area contributed by atoms with Crippen LogP contribution in [0.2, 0.25) is 10.0 Å². The quantitative estimate of drug-likeness (QED) is 0.271. The Hall–Kier alpha value is -2.73. The second-order valence-corrected chi connectivity index (χ2v) is 11.5. The zero-order valence-electron chi connectivity index (χ0n) is 20.6. The van der Waals surface area contributed by atoms with Gasteiger partial charge in [-0.2, -0.15) is 5.10 Å². The maximum Gasteiger partial charge on any atom is 0.242 e. The molecule has 0 aliphatic carbocycles. The number of nitrogens with zero attached hydrogens (tertiary/aromatic N) is 3. The maximum absolute atomic E-state index is 12.8. The van der Waals surface area contributed by atoms with Crippen molar-refractivity contribution >= 4 is 50.7 Å². The standard InChI is InChI=1S/C24H30Cl2N6O4S/c1-16(2)12-20(31-23(33)14-18-15-32-22(30-18)6-5-10-28-32)24(34)27-9-3-4-11-29-37(35,36)21-8-7-17(25)13-19(21)26/h5-8,10,13,15-16,20,29H,3-4,9,11-12,14H2,1-2H3,(H,27,34)(H,31,33)/t20-/m0/s1. The molecule has 1 aromatic carbocycles. The van der Waals surface area contributed by atoms with E-state index in [2.05, 4.69) is 25.4 Å². The first-order chi connectivity index (χ1) is 17.5. The molecule has 1 atom stereocenters. The molecule has 0 bridgehead atoms. The molecule has 0 aliphatic heterocycles. The summed E-state index contributed by atoms with van der Waals surface area (Å²) in [5.41, 5.74) is 1.20. The molecule has 10 nitrogen and oxygen atoms in total. The second kappa shape index (κ2) is 13.2. The van der Waals surface area contributed by atoms with E-state index in [-0.39, 0.29) is 40.6 Å². The summed E-state index contributed by atoms with van der Waals surface area (Å²) < 4.78 is 28.9. The Morgan fingerprint density at radius 3 is 2.57 bits per heavy atom. The number of halogens is 2. The Morgan fingerprint density at radius 1 is 1.11 bits per heavy atom. The predicted octanol–water partition coefficient (Wildman–Crippen LogP) is 2.98. The SMILES string of the molecule is CC(C)C[C@H](NC(=O)Cc1cn2ncccc2n1)C(=O)NCCCCNS(=O)(=O)c1ccc(Cl)cc1Cl. The first-order valence-electron chi connectivity index (χ1n) is 11.9. The lowest BCUT2D eigenvalue weighted by Crippen LogP contribution is -2.48. The van der Waals surface area contributed by atoms with Crippen LogP contribution in [0.15, 0.2) is 47.6 Å². The molecule has 2 heterocycles. The van der Waals surface area contributed by atoms with Crippen LogP contribution >= 0.6 is 23.2 Å². The van der Waals surface area contributed by atoms with E-state index in [1.54, 1.807) is 29.0 Å². The number of hydrogen-bond donors (Lipinski definition) is 3. The van der Waals surface area contributed by atoms with Gasteiger partial charge in [-0.25, -0.2) is 22.6 Å². The summed E-state index contributed by atoms with van der Waals surface area (Å²) in [6, 6.07) is 7.04. The highest BCUT2D eigenvalue weighted by Gasteiger charge is 2.22. The first-order valence-corrected chi connectivity index (χ1v) is 14.1. The van der Waals surface area contributed by atoms with E-state index in [1.807, 2.05) is 13.8 Å². The van der Waals surface area contributed by atoms with Crippen LogP contribution in [0.1, 0.15) is 38.8 Å². The van der Waals surface area contributed by atoms with Gasteiger partial charge in [-0.1, -0.05) is 37.0 Å². The topological polar surface area (TPSA) is 135 Å². The van der Waals surface area contributed by atoms with Gasteiger partial charge in [-0.3, -0.25) is 9.59 Å². The third kappa shape index (κ3) is 8.67. The Morgan fingerprint density at radius 2 is 1.86 bits per heavy atom. The summed E-state index contributed by atoms with van der Waals surface area (Å²) in [6.45, 7) is 4.46. The fraction of sp³-hybridized carbons (Fsp3) is 0.417. The van der Waals surface area contributed by atoms with Crippen molar-refractivity contribution in [2.45, 2.75) is 50.5 Å². The summed E-state index contributed by atoms with van der Waals surface area (Å²) in [5, 5.41) is 10.2. The molecule has 0 fully saturated rings. The van der Waals surface area contributed by atoms with Crippen LogP contribution in [0.4, 0.5) is 0 Å². The van der Waals surface area contributed by atoms with E-state index in [1.165, 1.54) is 18.2 Å². The second-order valence-electron chi connectivity index (χ2n) is 8.96. The van der Waals surface area contributed by atoms with Gasteiger partial charge in [-0.15, -0.1) is 0 Å². The number of unbranched alkanes of at least 4 members (excludes halogenated alkanes) is 1. The number of nitrogens with one attached hydrogen (secondary N) is 3. The number of carbonyl (C=O) groups is 2. The molecular formula is C24H30Cl2N6O4S. The van der Waals surface area contributed by atoms with Crippen molar-refractivity contribution in [3.8, 4) is 0 Å². The Bertz CT molecular complexity index is 1310. The Labute approximate surface area is 226 Å². The average Bonchev–Trinajstić information content (AvgIpc) is 3.22. The molecule has 13 heteroatoms. The highest BCUT2D eigenvalue weighted by molar-refractivity contribution is 7.89. The van der Waals surface area contributed by atoms with Gasteiger partial charge in [0.15, 0.2) is 5.65 Å². The zero-order valence-corrected chi connectivity index (χ0v) is 22.9. The molecule has 0 aliphatic rings. The molecule has 0 saturated carbocycles.